The van der Waals surface area contributed by atoms with E-state index in [9.17, 15) is 5.11 Å². The number of anilines is 1. The molecular formula is C20H28N5O4S+. The van der Waals surface area contributed by atoms with E-state index < -0.39 is 0 Å². The van der Waals surface area contributed by atoms with E-state index in [1.807, 2.05) is 19.4 Å². The van der Waals surface area contributed by atoms with Crippen molar-refractivity contribution in [3.8, 4) is 5.75 Å². The molecule has 0 aliphatic rings. The van der Waals surface area contributed by atoms with Gasteiger partial charge in [-0.05, 0) is 13.8 Å². The number of hydrogen-bond donors (Lipinski definition) is 5. The van der Waals surface area contributed by atoms with Crippen LogP contribution in [0, 0.1) is 20.8 Å². The standard InChI is InChI=1S/C12H17N4OS.C8H11NO3/c1-8-11(3-4-17)18-7-16(8)6-10-5-14-9(2)15-12(10)13;1-5-8(12)7(4-11)6(3-10)2-9-5/h5,7,17H,3-4,6H2,1-2H3,(H2,13,14,15);2,10-12H,3-4H2,1H3/q+1;. The number of aliphatic hydroxyl groups excluding tert-OH is 3. The highest BCUT2D eigenvalue weighted by atomic mass is 32.1. The minimum absolute atomic E-state index is 0.0379. The van der Waals surface area contributed by atoms with Crippen molar-refractivity contribution < 1.29 is 25.0 Å². The molecule has 9 nitrogen and oxygen atoms in total. The molecule has 0 spiro atoms. The second-order valence-electron chi connectivity index (χ2n) is 6.67. The third kappa shape index (κ3) is 5.70. The highest BCUT2D eigenvalue weighted by Crippen LogP contribution is 2.23. The Balaban J connectivity index is 0.000000232. The van der Waals surface area contributed by atoms with Crippen molar-refractivity contribution >= 4 is 17.2 Å². The molecule has 0 saturated heterocycles. The van der Waals surface area contributed by atoms with Crippen molar-refractivity contribution in [2.24, 2.45) is 0 Å². The average Bonchev–Trinajstić information content (AvgIpc) is 3.06. The Morgan fingerprint density at radius 3 is 2.33 bits per heavy atom. The molecule has 0 fully saturated rings. The zero-order valence-corrected chi connectivity index (χ0v) is 18.1. The van der Waals surface area contributed by atoms with E-state index in [1.54, 1.807) is 24.5 Å². The number of nitrogens with two attached hydrogens (primary N) is 1. The van der Waals surface area contributed by atoms with E-state index in [0.29, 0.717) is 41.4 Å². The van der Waals surface area contributed by atoms with E-state index >= 15 is 0 Å². The molecular weight excluding hydrogens is 406 g/mol. The molecule has 0 aromatic carbocycles. The maximum Gasteiger partial charge on any atom is 0.225 e. The van der Waals surface area contributed by atoms with Gasteiger partial charge in [0, 0.05) is 43.5 Å². The van der Waals surface area contributed by atoms with Crippen LogP contribution in [0.25, 0.3) is 0 Å². The molecule has 3 aromatic heterocycles. The zero-order chi connectivity index (χ0) is 22.3. The largest absolute Gasteiger partial charge is 0.506 e. The SMILES string of the molecule is Cc1ncc(CO)c(CO)c1O.Cc1ncc(C[n+]2csc(CCO)c2C)c(N)n1. The molecule has 0 atom stereocenters. The number of rotatable bonds is 6. The van der Waals surface area contributed by atoms with E-state index in [-0.39, 0.29) is 25.6 Å². The maximum absolute atomic E-state index is 9.38. The van der Waals surface area contributed by atoms with Crippen LogP contribution >= 0.6 is 11.3 Å². The lowest BCUT2D eigenvalue weighted by Gasteiger charge is -2.07. The number of thiazole rings is 1. The van der Waals surface area contributed by atoms with E-state index in [4.69, 9.17) is 21.1 Å². The quantitative estimate of drug-likeness (QED) is 0.356. The van der Waals surface area contributed by atoms with E-state index in [1.165, 1.54) is 11.1 Å². The summed E-state index contributed by atoms with van der Waals surface area (Å²) < 4.78 is 2.11. The number of nitrogen functional groups attached to an aromatic ring is 1. The number of pyridine rings is 1. The van der Waals surface area contributed by atoms with E-state index in [0.717, 1.165) is 11.3 Å². The topological polar surface area (TPSA) is 149 Å². The maximum atomic E-state index is 9.38. The van der Waals surface area contributed by atoms with Crippen LogP contribution in [0.1, 0.15) is 38.8 Å². The Hall–Kier alpha value is -2.66. The number of hydrogen-bond acceptors (Lipinski definition) is 9. The second kappa shape index (κ2) is 10.9. The molecule has 0 saturated carbocycles. The molecule has 6 N–H and O–H groups in total. The van der Waals surface area contributed by atoms with Crippen LogP contribution in [0.15, 0.2) is 17.9 Å². The van der Waals surface area contributed by atoms with Gasteiger partial charge in [-0.1, -0.05) is 11.3 Å². The smallest absolute Gasteiger partial charge is 0.225 e. The minimum Gasteiger partial charge on any atom is -0.506 e. The number of aromatic hydroxyl groups is 1. The van der Waals surface area contributed by atoms with Gasteiger partial charge in [-0.15, -0.1) is 0 Å². The molecule has 0 aliphatic carbocycles. The first kappa shape index (κ1) is 23.6. The molecule has 0 radical (unpaired) electrons. The average molecular weight is 435 g/mol. The third-order valence-corrected chi connectivity index (χ3v) is 5.76. The summed E-state index contributed by atoms with van der Waals surface area (Å²) in [5.41, 5.74) is 11.3. The normalized spacial score (nSPS) is 10.6. The lowest BCUT2D eigenvalue weighted by Crippen LogP contribution is -2.35. The lowest BCUT2D eigenvalue weighted by atomic mass is 10.1. The Bertz CT molecular complexity index is 994. The van der Waals surface area contributed by atoms with Crippen molar-refractivity contribution in [3.05, 3.63) is 56.7 Å². The van der Waals surface area contributed by atoms with E-state index in [2.05, 4.69) is 19.5 Å². The summed E-state index contributed by atoms with van der Waals surface area (Å²) in [5.74, 6) is 1.18. The number of aryl methyl sites for hydroxylation is 2. The van der Waals surface area contributed by atoms with Crippen LogP contribution in [-0.4, -0.2) is 42.0 Å². The summed E-state index contributed by atoms with van der Waals surface area (Å²) >= 11 is 1.65. The van der Waals surface area contributed by atoms with Crippen LogP contribution in [-0.2, 0) is 26.2 Å². The molecule has 0 bridgehead atoms. The number of aromatic nitrogens is 4. The predicted molar refractivity (Wildman–Crippen MR) is 113 cm³/mol. The second-order valence-corrected chi connectivity index (χ2v) is 7.61. The first-order valence-corrected chi connectivity index (χ1v) is 10.2. The van der Waals surface area contributed by atoms with Crippen molar-refractivity contribution in [2.45, 2.75) is 47.0 Å². The monoisotopic (exact) mass is 434 g/mol. The van der Waals surface area contributed by atoms with Crippen LogP contribution in [0.3, 0.4) is 0 Å². The summed E-state index contributed by atoms with van der Waals surface area (Å²) in [6.07, 6.45) is 3.91. The number of nitrogens with zero attached hydrogens (tertiary/aromatic N) is 4. The van der Waals surface area contributed by atoms with Crippen LogP contribution in [0.4, 0.5) is 5.82 Å². The van der Waals surface area contributed by atoms with Crippen LogP contribution in [0.2, 0.25) is 0 Å². The molecule has 0 aliphatic heterocycles. The summed E-state index contributed by atoms with van der Waals surface area (Å²) in [5, 5.41) is 36.0. The van der Waals surface area contributed by atoms with Gasteiger partial charge in [-0.2, -0.15) is 4.57 Å². The fourth-order valence-electron chi connectivity index (χ4n) is 2.76. The molecule has 3 heterocycles. The van der Waals surface area contributed by atoms with Gasteiger partial charge in [0.25, 0.3) is 0 Å². The summed E-state index contributed by atoms with van der Waals surface area (Å²) in [4.78, 5) is 13.4. The van der Waals surface area contributed by atoms with Gasteiger partial charge in [0.05, 0.1) is 29.3 Å². The summed E-state index contributed by atoms with van der Waals surface area (Å²) in [6.45, 7) is 5.84. The molecule has 3 aromatic rings. The first-order valence-electron chi connectivity index (χ1n) is 9.35. The van der Waals surface area contributed by atoms with Crippen molar-refractivity contribution in [3.63, 3.8) is 0 Å². The molecule has 0 unspecified atom stereocenters. The van der Waals surface area contributed by atoms with Crippen LogP contribution < -0.4 is 10.3 Å². The van der Waals surface area contributed by atoms with Gasteiger partial charge >= 0.3 is 0 Å². The number of aliphatic hydroxyl groups is 3. The van der Waals surface area contributed by atoms with Crippen LogP contribution in [0.5, 0.6) is 5.75 Å². The molecule has 30 heavy (non-hydrogen) atoms. The van der Waals surface area contributed by atoms with Gasteiger partial charge in [0.1, 0.15) is 17.4 Å². The van der Waals surface area contributed by atoms with Crippen molar-refractivity contribution in [1.82, 2.24) is 15.0 Å². The van der Waals surface area contributed by atoms with Crippen molar-refractivity contribution in [1.29, 1.82) is 0 Å². The predicted octanol–water partition coefficient (Wildman–Crippen LogP) is 0.688. The van der Waals surface area contributed by atoms with Gasteiger partial charge in [-0.25, -0.2) is 9.97 Å². The molecule has 162 valence electrons. The fraction of sp³-hybridized carbons (Fsp3) is 0.400. The van der Waals surface area contributed by atoms with Gasteiger partial charge in [-0.3, -0.25) is 4.98 Å². The highest BCUT2D eigenvalue weighted by Gasteiger charge is 2.17. The lowest BCUT2D eigenvalue weighted by molar-refractivity contribution is -0.689. The fourth-order valence-corrected chi connectivity index (χ4v) is 3.75. The summed E-state index contributed by atoms with van der Waals surface area (Å²) in [7, 11) is 0. The van der Waals surface area contributed by atoms with Gasteiger partial charge in [0.2, 0.25) is 5.51 Å². The highest BCUT2D eigenvalue weighted by molar-refractivity contribution is 7.09. The first-order chi connectivity index (χ1) is 14.3. The Morgan fingerprint density at radius 2 is 1.73 bits per heavy atom. The Kier molecular flexibility index (Phi) is 8.60. The minimum atomic E-state index is -0.287. The Morgan fingerprint density at radius 1 is 1.03 bits per heavy atom. The molecule has 0 amide bonds. The molecule has 10 heteroatoms. The zero-order valence-electron chi connectivity index (χ0n) is 17.3. The summed E-state index contributed by atoms with van der Waals surface area (Å²) in [6, 6.07) is 0. The Labute approximate surface area is 179 Å². The van der Waals surface area contributed by atoms with Gasteiger partial charge < -0.3 is 26.2 Å². The third-order valence-electron chi connectivity index (χ3n) is 4.61. The van der Waals surface area contributed by atoms with Crippen molar-refractivity contribution in [2.75, 3.05) is 12.3 Å². The molecule has 3 rings (SSSR count). The van der Waals surface area contributed by atoms with Gasteiger partial charge in [0.15, 0.2) is 12.2 Å².